The van der Waals surface area contributed by atoms with Crippen molar-refractivity contribution in [2.24, 2.45) is 0 Å². The monoisotopic (exact) mass is 268 g/mol. The van der Waals surface area contributed by atoms with Crippen LogP contribution in [0, 0.1) is 12.7 Å². The Labute approximate surface area is 115 Å². The zero-order chi connectivity index (χ0) is 14.1. The van der Waals surface area contributed by atoms with E-state index in [4.69, 9.17) is 10.3 Å². The number of nitrogens with zero attached hydrogens (tertiary/aromatic N) is 1. The molecule has 0 aliphatic heterocycles. The van der Waals surface area contributed by atoms with Crippen LogP contribution in [-0.2, 0) is 0 Å². The molecule has 0 unspecified atom stereocenters. The number of rotatable bonds is 2. The molecule has 100 valence electrons. The Morgan fingerprint density at radius 1 is 1.10 bits per heavy atom. The van der Waals surface area contributed by atoms with Gasteiger partial charge in [-0.25, -0.2) is 4.39 Å². The molecule has 1 heterocycles. The smallest absolute Gasteiger partial charge is 0.230 e. The van der Waals surface area contributed by atoms with Gasteiger partial charge in [0.2, 0.25) is 5.88 Å². The number of hydrogen-bond donors (Lipinski definition) is 1. The third-order valence-corrected chi connectivity index (χ3v) is 3.16. The van der Waals surface area contributed by atoms with Crippen LogP contribution in [0.2, 0.25) is 0 Å². The quantitative estimate of drug-likeness (QED) is 0.763. The Kier molecular flexibility index (Phi) is 2.99. The van der Waals surface area contributed by atoms with E-state index < -0.39 is 0 Å². The number of hydrogen-bond acceptors (Lipinski definition) is 3. The highest BCUT2D eigenvalue weighted by Gasteiger charge is 2.19. The van der Waals surface area contributed by atoms with Crippen LogP contribution in [-0.4, -0.2) is 5.16 Å². The van der Waals surface area contributed by atoms with Crippen molar-refractivity contribution in [1.29, 1.82) is 0 Å². The first-order chi connectivity index (χ1) is 9.66. The average molecular weight is 268 g/mol. The summed E-state index contributed by atoms with van der Waals surface area (Å²) in [4.78, 5) is 0. The van der Waals surface area contributed by atoms with Crippen molar-refractivity contribution < 1.29 is 8.91 Å². The maximum Gasteiger partial charge on any atom is 0.230 e. The van der Waals surface area contributed by atoms with E-state index in [9.17, 15) is 4.39 Å². The first-order valence-corrected chi connectivity index (χ1v) is 6.24. The Morgan fingerprint density at radius 3 is 2.55 bits per heavy atom. The minimum atomic E-state index is -0.338. The fourth-order valence-electron chi connectivity index (χ4n) is 2.18. The summed E-state index contributed by atoms with van der Waals surface area (Å²) in [5.41, 5.74) is 8.96. The van der Waals surface area contributed by atoms with E-state index in [0.29, 0.717) is 16.8 Å². The van der Waals surface area contributed by atoms with Crippen LogP contribution in [0.15, 0.2) is 53.1 Å². The SMILES string of the molecule is Cc1ccc(-c2noc(N)c2-c2ccccc2)c(F)c1. The third kappa shape index (κ3) is 2.05. The molecule has 0 fully saturated rings. The lowest BCUT2D eigenvalue weighted by Gasteiger charge is -2.04. The molecule has 2 N–H and O–H groups in total. The van der Waals surface area contributed by atoms with Crippen molar-refractivity contribution in [3.63, 3.8) is 0 Å². The first kappa shape index (κ1) is 12.4. The van der Waals surface area contributed by atoms with Gasteiger partial charge in [-0.1, -0.05) is 41.6 Å². The van der Waals surface area contributed by atoms with Crippen LogP contribution in [0.25, 0.3) is 22.4 Å². The van der Waals surface area contributed by atoms with Crippen LogP contribution in [0.4, 0.5) is 10.3 Å². The molecule has 0 bridgehead atoms. The number of benzene rings is 2. The molecule has 0 atom stereocenters. The Morgan fingerprint density at radius 2 is 1.85 bits per heavy atom. The van der Waals surface area contributed by atoms with Gasteiger partial charge in [0.05, 0.1) is 5.56 Å². The van der Waals surface area contributed by atoms with E-state index in [0.717, 1.165) is 11.1 Å². The van der Waals surface area contributed by atoms with E-state index in [-0.39, 0.29) is 11.7 Å². The molecule has 0 amide bonds. The number of nitrogen functional groups attached to an aromatic ring is 1. The molecule has 4 heteroatoms. The summed E-state index contributed by atoms with van der Waals surface area (Å²) in [5.74, 6) is -0.151. The molecule has 1 aromatic heterocycles. The Bertz CT molecular complexity index is 750. The van der Waals surface area contributed by atoms with Gasteiger partial charge in [0.1, 0.15) is 11.5 Å². The second kappa shape index (κ2) is 4.81. The molecular formula is C16H13FN2O. The van der Waals surface area contributed by atoms with Crippen molar-refractivity contribution in [3.8, 4) is 22.4 Å². The number of anilines is 1. The van der Waals surface area contributed by atoms with Gasteiger partial charge >= 0.3 is 0 Å². The standard InChI is InChI=1S/C16H13FN2O/c1-10-7-8-12(13(17)9-10)15-14(16(18)20-19-15)11-5-3-2-4-6-11/h2-9H,18H2,1H3. The van der Waals surface area contributed by atoms with Crippen LogP contribution < -0.4 is 5.73 Å². The van der Waals surface area contributed by atoms with Crippen molar-refractivity contribution in [3.05, 3.63) is 59.9 Å². The van der Waals surface area contributed by atoms with Crippen LogP contribution in [0.5, 0.6) is 0 Å². The summed E-state index contributed by atoms with van der Waals surface area (Å²) in [6, 6.07) is 14.4. The molecule has 3 rings (SSSR count). The number of nitrogens with two attached hydrogens (primary N) is 1. The van der Waals surface area contributed by atoms with Crippen LogP contribution >= 0.6 is 0 Å². The van der Waals surface area contributed by atoms with E-state index in [1.54, 1.807) is 6.07 Å². The molecule has 0 saturated heterocycles. The zero-order valence-corrected chi connectivity index (χ0v) is 10.9. The van der Waals surface area contributed by atoms with Gasteiger partial charge in [0, 0.05) is 5.56 Å². The lowest BCUT2D eigenvalue weighted by atomic mass is 10.00. The molecule has 0 aliphatic carbocycles. The fraction of sp³-hybridized carbons (Fsp3) is 0.0625. The second-order valence-corrected chi connectivity index (χ2v) is 4.62. The summed E-state index contributed by atoms with van der Waals surface area (Å²) in [7, 11) is 0. The lowest BCUT2D eigenvalue weighted by molar-refractivity contribution is 0.439. The van der Waals surface area contributed by atoms with Gasteiger partial charge in [0.25, 0.3) is 0 Å². The third-order valence-electron chi connectivity index (χ3n) is 3.16. The van der Waals surface area contributed by atoms with Gasteiger partial charge in [-0.05, 0) is 30.2 Å². The maximum atomic E-state index is 14.1. The zero-order valence-electron chi connectivity index (χ0n) is 10.9. The molecule has 0 aliphatic rings. The maximum absolute atomic E-state index is 14.1. The van der Waals surface area contributed by atoms with E-state index in [1.807, 2.05) is 43.3 Å². The Hall–Kier alpha value is -2.62. The van der Waals surface area contributed by atoms with Crippen molar-refractivity contribution in [2.45, 2.75) is 6.92 Å². The molecule has 0 spiro atoms. The topological polar surface area (TPSA) is 52.0 Å². The highest BCUT2D eigenvalue weighted by molar-refractivity contribution is 5.86. The van der Waals surface area contributed by atoms with Crippen LogP contribution in [0.1, 0.15) is 5.56 Å². The molecule has 3 nitrogen and oxygen atoms in total. The van der Waals surface area contributed by atoms with Gasteiger partial charge in [-0.2, -0.15) is 0 Å². The summed E-state index contributed by atoms with van der Waals surface area (Å²) < 4.78 is 19.2. The van der Waals surface area contributed by atoms with Crippen LogP contribution in [0.3, 0.4) is 0 Å². The van der Waals surface area contributed by atoms with Gasteiger partial charge in [-0.3, -0.25) is 0 Å². The summed E-state index contributed by atoms with van der Waals surface area (Å²) in [6.07, 6.45) is 0. The molecule has 20 heavy (non-hydrogen) atoms. The predicted molar refractivity (Wildman–Crippen MR) is 76.5 cm³/mol. The molecule has 3 aromatic rings. The van der Waals surface area contributed by atoms with Gasteiger partial charge in [-0.15, -0.1) is 0 Å². The summed E-state index contributed by atoms with van der Waals surface area (Å²) >= 11 is 0. The Balaban J connectivity index is 2.21. The van der Waals surface area contributed by atoms with Crippen molar-refractivity contribution in [1.82, 2.24) is 5.16 Å². The van der Waals surface area contributed by atoms with Gasteiger partial charge < -0.3 is 10.3 Å². The summed E-state index contributed by atoms with van der Waals surface area (Å²) in [6.45, 7) is 1.84. The molecule has 2 aromatic carbocycles. The lowest BCUT2D eigenvalue weighted by Crippen LogP contribution is -1.90. The van der Waals surface area contributed by atoms with Crippen molar-refractivity contribution >= 4 is 5.88 Å². The molecule has 0 saturated carbocycles. The van der Waals surface area contributed by atoms with Crippen molar-refractivity contribution in [2.75, 3.05) is 5.73 Å². The van der Waals surface area contributed by atoms with E-state index >= 15 is 0 Å². The minimum Gasteiger partial charge on any atom is -0.367 e. The number of aryl methyl sites for hydroxylation is 1. The van der Waals surface area contributed by atoms with Gasteiger partial charge in [0.15, 0.2) is 0 Å². The summed E-state index contributed by atoms with van der Waals surface area (Å²) in [5, 5.41) is 3.91. The predicted octanol–water partition coefficient (Wildman–Crippen LogP) is 4.04. The number of halogens is 1. The largest absolute Gasteiger partial charge is 0.367 e. The highest BCUT2D eigenvalue weighted by Crippen LogP contribution is 2.37. The molecular weight excluding hydrogens is 255 g/mol. The first-order valence-electron chi connectivity index (χ1n) is 6.24. The molecule has 0 radical (unpaired) electrons. The normalized spacial score (nSPS) is 10.7. The minimum absolute atomic E-state index is 0.186. The van der Waals surface area contributed by atoms with E-state index in [1.165, 1.54) is 6.07 Å². The van der Waals surface area contributed by atoms with E-state index in [2.05, 4.69) is 5.16 Å². The average Bonchev–Trinajstić information content (AvgIpc) is 2.81. The number of aromatic nitrogens is 1. The highest BCUT2D eigenvalue weighted by atomic mass is 19.1. The fourth-order valence-corrected chi connectivity index (χ4v) is 2.18. The second-order valence-electron chi connectivity index (χ2n) is 4.62.